The van der Waals surface area contributed by atoms with Crippen molar-refractivity contribution < 1.29 is 9.59 Å². The highest BCUT2D eigenvalue weighted by Crippen LogP contribution is 2.35. The van der Waals surface area contributed by atoms with Crippen molar-refractivity contribution in [2.45, 2.75) is 50.5 Å². The maximum atomic E-state index is 13.3. The zero-order valence-electron chi connectivity index (χ0n) is 20.3. The first-order valence-corrected chi connectivity index (χ1v) is 14.1. The van der Waals surface area contributed by atoms with Crippen molar-refractivity contribution in [1.82, 2.24) is 14.8 Å². The van der Waals surface area contributed by atoms with Gasteiger partial charge in [-0.2, -0.15) is 0 Å². The molecular weight excluding hydrogens is 513 g/mol. The Morgan fingerprint density at radius 1 is 1.11 bits per heavy atom. The summed E-state index contributed by atoms with van der Waals surface area (Å²) in [6, 6.07) is 13.7. The minimum absolute atomic E-state index is 0.0229. The van der Waals surface area contributed by atoms with Crippen LogP contribution in [0.15, 0.2) is 47.8 Å². The SMILES string of the molecule is CN(C(=O)c1csc(C2CCN(C(=O)Cc3cc(Cl)ccc3Cl)CC2)n1)[C@@H]1CCCc2ccccc21. The number of thiazole rings is 1. The number of aromatic nitrogens is 1. The van der Waals surface area contributed by atoms with E-state index < -0.39 is 0 Å². The summed E-state index contributed by atoms with van der Waals surface area (Å²) >= 11 is 13.9. The third kappa shape index (κ3) is 5.31. The van der Waals surface area contributed by atoms with E-state index in [1.165, 1.54) is 11.1 Å². The molecule has 1 fully saturated rings. The summed E-state index contributed by atoms with van der Waals surface area (Å²) in [6.07, 6.45) is 5.05. The van der Waals surface area contributed by atoms with Gasteiger partial charge in [0.2, 0.25) is 5.91 Å². The molecule has 0 spiro atoms. The molecule has 2 aliphatic rings. The van der Waals surface area contributed by atoms with E-state index in [0.29, 0.717) is 28.8 Å². The Morgan fingerprint density at radius 2 is 1.89 bits per heavy atom. The van der Waals surface area contributed by atoms with Crippen molar-refractivity contribution in [1.29, 1.82) is 0 Å². The largest absolute Gasteiger partial charge is 0.342 e. The molecule has 3 aromatic rings. The predicted molar refractivity (Wildman–Crippen MR) is 145 cm³/mol. The maximum absolute atomic E-state index is 13.3. The van der Waals surface area contributed by atoms with E-state index in [4.69, 9.17) is 28.2 Å². The van der Waals surface area contributed by atoms with Crippen molar-refractivity contribution in [3.05, 3.63) is 85.3 Å². The number of piperidine rings is 1. The van der Waals surface area contributed by atoms with Crippen LogP contribution < -0.4 is 0 Å². The van der Waals surface area contributed by atoms with Gasteiger partial charge in [-0.05, 0) is 67.0 Å². The van der Waals surface area contributed by atoms with E-state index in [9.17, 15) is 9.59 Å². The van der Waals surface area contributed by atoms with Gasteiger partial charge >= 0.3 is 0 Å². The Labute approximate surface area is 226 Å². The normalized spacial score (nSPS) is 18.1. The fourth-order valence-corrected chi connectivity index (χ4v) is 6.70. The summed E-state index contributed by atoms with van der Waals surface area (Å²) < 4.78 is 0. The summed E-state index contributed by atoms with van der Waals surface area (Å²) in [4.78, 5) is 34.7. The molecule has 1 saturated heterocycles. The van der Waals surface area contributed by atoms with Crippen LogP contribution in [0.5, 0.6) is 0 Å². The van der Waals surface area contributed by atoms with Crippen LogP contribution in [-0.2, 0) is 17.6 Å². The van der Waals surface area contributed by atoms with Crippen LogP contribution >= 0.6 is 34.5 Å². The molecule has 0 unspecified atom stereocenters. The number of amides is 2. The fourth-order valence-electron chi connectivity index (χ4n) is 5.36. The first-order chi connectivity index (χ1) is 17.4. The molecule has 2 amide bonds. The standard InChI is InChI=1S/C28H29Cl2N3O2S/c1-32(25-8-4-6-18-5-2-3-7-22(18)25)28(35)24-17-36-27(31-24)19-11-13-33(14-12-19)26(34)16-20-15-21(29)9-10-23(20)30/h2-3,5,7,9-10,15,17,19,25H,4,6,8,11-14,16H2,1H3/t25-/m1/s1. The highest BCUT2D eigenvalue weighted by atomic mass is 35.5. The number of fused-ring (bicyclic) bond motifs is 1. The summed E-state index contributed by atoms with van der Waals surface area (Å²) in [5.74, 6) is 0.295. The number of halogens is 2. The van der Waals surface area contributed by atoms with E-state index in [0.717, 1.165) is 42.7 Å². The predicted octanol–water partition coefficient (Wildman–Crippen LogP) is 6.55. The minimum Gasteiger partial charge on any atom is -0.342 e. The Bertz CT molecular complexity index is 1270. The van der Waals surface area contributed by atoms with E-state index >= 15 is 0 Å². The maximum Gasteiger partial charge on any atom is 0.273 e. The minimum atomic E-state index is -0.0229. The molecule has 0 N–H and O–H groups in total. The number of likely N-dealkylation sites (tertiary alicyclic amines) is 1. The second-order valence-corrected chi connectivity index (χ2v) is 11.4. The van der Waals surface area contributed by atoms with Crippen LogP contribution in [0.25, 0.3) is 0 Å². The number of carbonyl (C=O) groups is 2. The molecule has 0 bridgehead atoms. The first-order valence-electron chi connectivity index (χ1n) is 12.4. The number of rotatable bonds is 5. The molecule has 188 valence electrons. The van der Waals surface area contributed by atoms with E-state index in [1.54, 1.807) is 29.5 Å². The van der Waals surface area contributed by atoms with Crippen LogP contribution in [0.3, 0.4) is 0 Å². The highest BCUT2D eigenvalue weighted by molar-refractivity contribution is 7.09. The van der Waals surface area contributed by atoms with E-state index in [-0.39, 0.29) is 30.2 Å². The first kappa shape index (κ1) is 25.2. The van der Waals surface area contributed by atoms with Gasteiger partial charge < -0.3 is 9.80 Å². The molecule has 0 saturated carbocycles. The van der Waals surface area contributed by atoms with E-state index in [1.807, 2.05) is 22.2 Å². The Kier molecular flexibility index (Phi) is 7.65. The van der Waals surface area contributed by atoms with Gasteiger partial charge in [-0.3, -0.25) is 9.59 Å². The average Bonchev–Trinajstić information content (AvgIpc) is 3.40. The van der Waals surface area contributed by atoms with Crippen LogP contribution in [0.2, 0.25) is 10.0 Å². The number of aryl methyl sites for hydroxylation is 1. The fraction of sp³-hybridized carbons (Fsp3) is 0.393. The topological polar surface area (TPSA) is 53.5 Å². The second-order valence-electron chi connectivity index (χ2n) is 9.66. The molecule has 0 radical (unpaired) electrons. The van der Waals surface area contributed by atoms with Gasteiger partial charge in [0.1, 0.15) is 5.69 Å². The van der Waals surface area contributed by atoms with Crippen molar-refractivity contribution in [2.24, 2.45) is 0 Å². The van der Waals surface area contributed by atoms with E-state index in [2.05, 4.69) is 24.3 Å². The van der Waals surface area contributed by atoms with Crippen molar-refractivity contribution in [3.63, 3.8) is 0 Å². The van der Waals surface area contributed by atoms with Gasteiger partial charge in [0.15, 0.2) is 0 Å². The second kappa shape index (κ2) is 10.9. The summed E-state index contributed by atoms with van der Waals surface area (Å²) in [5, 5.41) is 4.01. The molecule has 36 heavy (non-hydrogen) atoms. The van der Waals surface area contributed by atoms with Crippen LogP contribution in [0.1, 0.15) is 69.8 Å². The molecule has 2 heterocycles. The number of hydrogen-bond donors (Lipinski definition) is 0. The summed E-state index contributed by atoms with van der Waals surface area (Å²) in [7, 11) is 1.89. The Hall–Kier alpha value is -2.41. The third-order valence-corrected chi connectivity index (χ3v) is 9.02. The lowest BCUT2D eigenvalue weighted by Gasteiger charge is -2.33. The number of nitrogens with zero attached hydrogens (tertiary/aromatic N) is 3. The van der Waals surface area contributed by atoms with Gasteiger partial charge in [0.25, 0.3) is 5.91 Å². The van der Waals surface area contributed by atoms with Gasteiger partial charge in [0.05, 0.1) is 17.5 Å². The lowest BCUT2D eigenvalue weighted by molar-refractivity contribution is -0.131. The number of carbonyl (C=O) groups excluding carboxylic acids is 2. The van der Waals surface area contributed by atoms with Crippen LogP contribution in [0, 0.1) is 0 Å². The third-order valence-electron chi connectivity index (χ3n) is 7.41. The molecular formula is C28H29Cl2N3O2S. The van der Waals surface area contributed by atoms with Gasteiger partial charge in [-0.25, -0.2) is 4.98 Å². The van der Waals surface area contributed by atoms with Crippen molar-refractivity contribution in [3.8, 4) is 0 Å². The molecule has 1 aliphatic heterocycles. The lowest BCUT2D eigenvalue weighted by atomic mass is 9.87. The lowest BCUT2D eigenvalue weighted by Crippen LogP contribution is -2.38. The smallest absolute Gasteiger partial charge is 0.273 e. The number of benzene rings is 2. The number of hydrogen-bond acceptors (Lipinski definition) is 4. The monoisotopic (exact) mass is 541 g/mol. The summed E-state index contributed by atoms with van der Waals surface area (Å²) in [5.41, 5.74) is 3.87. The Balaban J connectivity index is 1.19. The average molecular weight is 543 g/mol. The van der Waals surface area contributed by atoms with Gasteiger partial charge in [-0.15, -0.1) is 11.3 Å². The van der Waals surface area contributed by atoms with Crippen molar-refractivity contribution >= 4 is 46.4 Å². The molecule has 1 aromatic heterocycles. The molecule has 1 atom stereocenters. The molecule has 5 rings (SSSR count). The van der Waals surface area contributed by atoms with Gasteiger partial charge in [0, 0.05) is 41.5 Å². The van der Waals surface area contributed by atoms with Crippen LogP contribution in [-0.4, -0.2) is 46.7 Å². The highest BCUT2D eigenvalue weighted by Gasteiger charge is 2.30. The molecule has 1 aliphatic carbocycles. The zero-order chi connectivity index (χ0) is 25.2. The molecule has 5 nitrogen and oxygen atoms in total. The Morgan fingerprint density at radius 3 is 2.69 bits per heavy atom. The zero-order valence-corrected chi connectivity index (χ0v) is 22.6. The van der Waals surface area contributed by atoms with Crippen LogP contribution in [0.4, 0.5) is 0 Å². The van der Waals surface area contributed by atoms with Gasteiger partial charge in [-0.1, -0.05) is 47.5 Å². The van der Waals surface area contributed by atoms with Crippen molar-refractivity contribution in [2.75, 3.05) is 20.1 Å². The summed E-state index contributed by atoms with van der Waals surface area (Å²) in [6.45, 7) is 1.34. The quantitative estimate of drug-likeness (QED) is 0.368. The molecule has 2 aromatic carbocycles. The molecule has 8 heteroatoms.